The van der Waals surface area contributed by atoms with Crippen LogP contribution >= 0.6 is 0 Å². The first kappa shape index (κ1) is 19.7. The van der Waals surface area contributed by atoms with Gasteiger partial charge < -0.3 is 24.6 Å². The van der Waals surface area contributed by atoms with Gasteiger partial charge in [0.25, 0.3) is 5.91 Å². The Morgan fingerprint density at radius 1 is 1.04 bits per heavy atom. The van der Waals surface area contributed by atoms with Crippen LogP contribution in [0.1, 0.15) is 10.4 Å². The quantitative estimate of drug-likeness (QED) is 0.722. The molecule has 1 heterocycles. The van der Waals surface area contributed by atoms with Crippen molar-refractivity contribution in [3.05, 3.63) is 54.1 Å². The smallest absolute Gasteiger partial charge is 0.339 e. The number of para-hydroxylation sites is 3. The van der Waals surface area contributed by atoms with Gasteiger partial charge in [-0.3, -0.25) is 4.79 Å². The number of nitrogens with zero attached hydrogens (tertiary/aromatic N) is 1. The molecule has 0 spiro atoms. The Morgan fingerprint density at radius 2 is 1.71 bits per heavy atom. The highest BCUT2D eigenvalue weighted by molar-refractivity contribution is 6.01. The van der Waals surface area contributed by atoms with Gasteiger partial charge in [0.2, 0.25) is 0 Å². The number of methoxy groups -OCH3 is 2. The van der Waals surface area contributed by atoms with Crippen LogP contribution in [-0.4, -0.2) is 58.8 Å². The van der Waals surface area contributed by atoms with Crippen LogP contribution in [-0.2, 0) is 9.53 Å². The maximum atomic E-state index is 12.5. The number of carbonyl (C=O) groups is 2. The summed E-state index contributed by atoms with van der Waals surface area (Å²) in [6.45, 7) is 3.76. The Labute approximate surface area is 164 Å². The lowest BCUT2D eigenvalue weighted by atomic mass is 10.2. The Bertz CT molecular complexity index is 832. The van der Waals surface area contributed by atoms with Gasteiger partial charge in [-0.05, 0) is 24.3 Å². The van der Waals surface area contributed by atoms with E-state index in [1.165, 1.54) is 12.0 Å². The fraction of sp³-hybridized carbons (Fsp3) is 0.333. The first-order chi connectivity index (χ1) is 13.6. The third-order valence-corrected chi connectivity index (χ3v) is 4.91. The molecule has 2 aromatic carbocycles. The molecular weight excluding hydrogens is 358 g/mol. The summed E-state index contributed by atoms with van der Waals surface area (Å²) in [5, 5.41) is 2.84. The second-order valence-corrected chi connectivity index (χ2v) is 6.67. The number of amides is 1. The maximum Gasteiger partial charge on any atom is 0.339 e. The summed E-state index contributed by atoms with van der Waals surface area (Å²) in [5.74, 6) is 0.286. The van der Waals surface area contributed by atoms with Crippen molar-refractivity contribution in [2.45, 2.75) is 0 Å². The van der Waals surface area contributed by atoms with E-state index in [0.29, 0.717) is 17.8 Å². The van der Waals surface area contributed by atoms with Crippen LogP contribution in [0.25, 0.3) is 0 Å². The van der Waals surface area contributed by atoms with Crippen molar-refractivity contribution in [3.8, 4) is 5.75 Å². The van der Waals surface area contributed by atoms with Gasteiger partial charge in [0, 0.05) is 0 Å². The zero-order chi connectivity index (χ0) is 19.9. The SMILES string of the molecule is COC(=O)c1ccccc1NC(=O)C[NH+]1CCN(c2ccccc2OC)CC1. The first-order valence-electron chi connectivity index (χ1n) is 9.31. The van der Waals surface area contributed by atoms with E-state index < -0.39 is 5.97 Å². The fourth-order valence-electron chi connectivity index (χ4n) is 3.43. The molecule has 148 valence electrons. The van der Waals surface area contributed by atoms with E-state index >= 15 is 0 Å². The molecule has 0 unspecified atom stereocenters. The van der Waals surface area contributed by atoms with Crippen LogP contribution in [0, 0.1) is 0 Å². The van der Waals surface area contributed by atoms with E-state index in [0.717, 1.165) is 37.6 Å². The molecule has 2 aromatic rings. The summed E-state index contributed by atoms with van der Waals surface area (Å²) in [6, 6.07) is 14.8. The molecule has 0 saturated carbocycles. The van der Waals surface area contributed by atoms with Crippen molar-refractivity contribution in [1.29, 1.82) is 0 Å². The van der Waals surface area contributed by atoms with E-state index in [1.807, 2.05) is 18.2 Å². The maximum absolute atomic E-state index is 12.5. The van der Waals surface area contributed by atoms with Crippen LogP contribution in [0.2, 0.25) is 0 Å². The zero-order valence-corrected chi connectivity index (χ0v) is 16.2. The summed E-state index contributed by atoms with van der Waals surface area (Å²) in [5.41, 5.74) is 1.92. The van der Waals surface area contributed by atoms with Crippen LogP contribution in [0.5, 0.6) is 5.75 Å². The predicted molar refractivity (Wildman–Crippen MR) is 107 cm³/mol. The molecule has 1 aliphatic heterocycles. The van der Waals surface area contributed by atoms with Crippen molar-refractivity contribution in [2.24, 2.45) is 0 Å². The lowest BCUT2D eigenvalue weighted by Gasteiger charge is -2.34. The van der Waals surface area contributed by atoms with Gasteiger partial charge in [-0.1, -0.05) is 24.3 Å². The van der Waals surface area contributed by atoms with Gasteiger partial charge in [0.15, 0.2) is 6.54 Å². The second-order valence-electron chi connectivity index (χ2n) is 6.67. The molecule has 0 atom stereocenters. The van der Waals surface area contributed by atoms with Gasteiger partial charge >= 0.3 is 5.97 Å². The summed E-state index contributed by atoms with van der Waals surface area (Å²) in [4.78, 5) is 27.8. The van der Waals surface area contributed by atoms with Gasteiger partial charge in [-0.15, -0.1) is 0 Å². The van der Waals surface area contributed by atoms with E-state index in [9.17, 15) is 9.59 Å². The summed E-state index contributed by atoms with van der Waals surface area (Å²) in [7, 11) is 3.00. The minimum absolute atomic E-state index is 0.114. The van der Waals surface area contributed by atoms with Crippen LogP contribution in [0.15, 0.2) is 48.5 Å². The fourth-order valence-corrected chi connectivity index (χ4v) is 3.43. The topological polar surface area (TPSA) is 72.3 Å². The molecular formula is C21H26N3O4+. The highest BCUT2D eigenvalue weighted by Crippen LogP contribution is 2.27. The standard InChI is InChI=1S/C21H25N3O4/c1-27-19-10-6-5-9-18(19)24-13-11-23(12-14-24)15-20(25)22-17-8-4-3-7-16(17)21(26)28-2/h3-10H,11-15H2,1-2H3,(H,22,25)/p+1. The summed E-state index contributed by atoms with van der Waals surface area (Å²) in [6.07, 6.45) is 0. The minimum atomic E-state index is -0.464. The second kappa shape index (κ2) is 9.23. The average Bonchev–Trinajstić information content (AvgIpc) is 2.74. The van der Waals surface area contributed by atoms with Gasteiger partial charge in [0.05, 0.1) is 57.3 Å². The molecule has 0 radical (unpaired) electrons. The van der Waals surface area contributed by atoms with Crippen LogP contribution in [0.4, 0.5) is 11.4 Å². The number of hydrogen-bond donors (Lipinski definition) is 2. The Morgan fingerprint density at radius 3 is 2.43 bits per heavy atom. The number of ether oxygens (including phenoxy) is 2. The third kappa shape index (κ3) is 4.61. The van der Waals surface area contributed by atoms with E-state index in [-0.39, 0.29) is 5.91 Å². The molecule has 2 N–H and O–H groups in total. The molecule has 3 rings (SSSR count). The molecule has 0 aromatic heterocycles. The monoisotopic (exact) mass is 384 g/mol. The van der Waals surface area contributed by atoms with E-state index in [4.69, 9.17) is 9.47 Å². The average molecular weight is 384 g/mol. The van der Waals surface area contributed by atoms with Crippen LogP contribution < -0.4 is 19.9 Å². The van der Waals surface area contributed by atoms with Crippen molar-refractivity contribution in [1.82, 2.24) is 0 Å². The van der Waals surface area contributed by atoms with E-state index in [1.54, 1.807) is 31.4 Å². The third-order valence-electron chi connectivity index (χ3n) is 4.91. The van der Waals surface area contributed by atoms with Crippen molar-refractivity contribution >= 4 is 23.3 Å². The molecule has 7 nitrogen and oxygen atoms in total. The largest absolute Gasteiger partial charge is 0.495 e. The highest BCUT2D eigenvalue weighted by Gasteiger charge is 2.24. The minimum Gasteiger partial charge on any atom is -0.495 e. The molecule has 7 heteroatoms. The molecule has 1 saturated heterocycles. The number of rotatable bonds is 6. The summed E-state index contributed by atoms with van der Waals surface area (Å²) < 4.78 is 10.2. The Hall–Kier alpha value is -3.06. The number of carbonyl (C=O) groups excluding carboxylic acids is 2. The molecule has 0 bridgehead atoms. The van der Waals surface area contributed by atoms with Gasteiger partial charge in [-0.2, -0.15) is 0 Å². The molecule has 1 fully saturated rings. The Kier molecular flexibility index (Phi) is 6.49. The number of quaternary nitrogens is 1. The van der Waals surface area contributed by atoms with Gasteiger partial charge in [0.1, 0.15) is 5.75 Å². The number of anilines is 2. The molecule has 28 heavy (non-hydrogen) atoms. The molecule has 1 aliphatic rings. The van der Waals surface area contributed by atoms with Crippen LogP contribution in [0.3, 0.4) is 0 Å². The first-order valence-corrected chi connectivity index (χ1v) is 9.31. The Balaban J connectivity index is 1.55. The van der Waals surface area contributed by atoms with Crippen molar-refractivity contribution in [2.75, 3.05) is 57.2 Å². The van der Waals surface area contributed by atoms with Crippen molar-refractivity contribution < 1.29 is 24.0 Å². The number of piperazine rings is 1. The number of nitrogens with one attached hydrogen (secondary N) is 2. The lowest BCUT2D eigenvalue weighted by molar-refractivity contribution is -0.892. The lowest BCUT2D eigenvalue weighted by Crippen LogP contribution is -3.15. The summed E-state index contributed by atoms with van der Waals surface area (Å²) >= 11 is 0. The predicted octanol–water partition coefficient (Wildman–Crippen LogP) is 0.825. The van der Waals surface area contributed by atoms with Gasteiger partial charge in [-0.25, -0.2) is 4.79 Å². The number of esters is 1. The normalized spacial score (nSPS) is 14.4. The molecule has 1 amide bonds. The number of hydrogen-bond acceptors (Lipinski definition) is 5. The zero-order valence-electron chi connectivity index (χ0n) is 16.2. The highest BCUT2D eigenvalue weighted by atomic mass is 16.5. The molecule has 0 aliphatic carbocycles. The number of benzene rings is 2. The van der Waals surface area contributed by atoms with E-state index in [2.05, 4.69) is 16.3 Å². The van der Waals surface area contributed by atoms with Crippen molar-refractivity contribution in [3.63, 3.8) is 0 Å².